The van der Waals surface area contributed by atoms with Crippen LogP contribution in [0.2, 0.25) is 0 Å². The number of alkyl halides is 3. The number of nitrogens with one attached hydrogen (secondary N) is 7. The monoisotopic (exact) mass is 505 g/mol. The van der Waals surface area contributed by atoms with Crippen LogP contribution in [-0.2, 0) is 14.4 Å². The van der Waals surface area contributed by atoms with Crippen LogP contribution in [-0.4, -0.2) is 62.7 Å². The molecule has 0 spiro atoms. The highest BCUT2D eigenvalue weighted by atomic mass is 19.4. The van der Waals surface area contributed by atoms with E-state index in [0.717, 1.165) is 32.1 Å². The summed E-state index contributed by atoms with van der Waals surface area (Å²) >= 11 is 0. The molecule has 7 N–H and O–H groups in total. The molecule has 7 unspecified atom stereocenters. The van der Waals surface area contributed by atoms with Gasteiger partial charge in [0, 0.05) is 37.3 Å². The third-order valence-electron chi connectivity index (χ3n) is 7.69. The maximum absolute atomic E-state index is 13.4. The van der Waals surface area contributed by atoms with Gasteiger partial charge in [-0.3, -0.25) is 25.2 Å². The fraction of sp³-hybridized carbons (Fsp3) is 0.909. The minimum absolute atomic E-state index is 0.0380. The molecule has 3 saturated heterocycles. The normalized spacial score (nSPS) is 35.9. The lowest BCUT2D eigenvalue weighted by Gasteiger charge is -2.41. The van der Waals surface area contributed by atoms with E-state index in [-0.39, 0.29) is 43.3 Å². The summed E-state index contributed by atoms with van der Waals surface area (Å²) < 4.78 is 40.1. The molecule has 2 amide bonds. The number of hydroxylamine groups is 1. The van der Waals surface area contributed by atoms with Gasteiger partial charge in [-0.2, -0.15) is 18.7 Å². The molecule has 0 aromatic carbocycles. The second-order valence-electron chi connectivity index (χ2n) is 10.0. The molecular weight excluding hydrogens is 467 g/mol. The van der Waals surface area contributed by atoms with Crippen LogP contribution in [0.4, 0.5) is 13.2 Å². The topological polar surface area (TPSA) is 128 Å². The Bertz CT molecular complexity index is 729. The molecule has 13 heteroatoms. The lowest BCUT2D eigenvalue weighted by Crippen LogP contribution is -2.64. The van der Waals surface area contributed by atoms with Gasteiger partial charge in [0.1, 0.15) is 6.23 Å². The highest BCUT2D eigenvalue weighted by molar-refractivity contribution is 5.79. The summed E-state index contributed by atoms with van der Waals surface area (Å²) in [4.78, 5) is 29.6. The van der Waals surface area contributed by atoms with Gasteiger partial charge < -0.3 is 16.0 Å². The fourth-order valence-corrected chi connectivity index (χ4v) is 5.78. The summed E-state index contributed by atoms with van der Waals surface area (Å²) in [5.74, 6) is -1.75. The van der Waals surface area contributed by atoms with Gasteiger partial charge >= 0.3 is 6.18 Å². The molecule has 0 radical (unpaired) electrons. The highest BCUT2D eigenvalue weighted by Gasteiger charge is 2.49. The molecule has 0 bridgehead atoms. The number of carbonyl (C=O) groups excluding carboxylic acids is 2. The first-order valence-corrected chi connectivity index (χ1v) is 12.8. The quantitative estimate of drug-likeness (QED) is 0.222. The predicted octanol–water partition coefficient (Wildman–Crippen LogP) is 0.194. The lowest BCUT2D eigenvalue weighted by molar-refractivity contribution is -0.198. The highest BCUT2D eigenvalue weighted by Crippen LogP contribution is 2.38. The molecule has 4 rings (SSSR count). The molecule has 0 aromatic rings. The van der Waals surface area contributed by atoms with Crippen molar-refractivity contribution in [3.8, 4) is 0 Å². The SMILES string of the molecule is O=C(CCC1NC(C2CNCCC2C(F)(F)F)NO1)NCCCNC1NNC(=O)C2CCCCC12. The molecule has 0 aromatic heterocycles. The van der Waals surface area contributed by atoms with Crippen LogP contribution >= 0.6 is 0 Å². The van der Waals surface area contributed by atoms with Gasteiger partial charge in [-0.15, -0.1) is 0 Å². The number of carbonyl (C=O) groups is 2. The average molecular weight is 506 g/mol. The molecule has 10 nitrogen and oxygen atoms in total. The Morgan fingerprint density at radius 1 is 1.11 bits per heavy atom. The van der Waals surface area contributed by atoms with Crippen molar-refractivity contribution in [2.24, 2.45) is 23.7 Å². The smallest absolute Gasteiger partial charge is 0.356 e. The number of amides is 2. The molecule has 200 valence electrons. The van der Waals surface area contributed by atoms with E-state index in [0.29, 0.717) is 32.0 Å². The summed E-state index contributed by atoms with van der Waals surface area (Å²) in [5.41, 5.74) is 8.52. The first-order chi connectivity index (χ1) is 16.8. The van der Waals surface area contributed by atoms with Crippen LogP contribution in [0.15, 0.2) is 0 Å². The van der Waals surface area contributed by atoms with Gasteiger partial charge in [-0.25, -0.2) is 5.43 Å². The largest absolute Gasteiger partial charge is 0.392 e. The van der Waals surface area contributed by atoms with Gasteiger partial charge in [0.15, 0.2) is 0 Å². The van der Waals surface area contributed by atoms with Gasteiger partial charge in [0.25, 0.3) is 0 Å². The minimum atomic E-state index is -4.25. The van der Waals surface area contributed by atoms with Crippen LogP contribution in [0.3, 0.4) is 0 Å². The number of hydrogen-bond acceptors (Lipinski definition) is 8. The van der Waals surface area contributed by atoms with E-state index in [1.54, 1.807) is 0 Å². The zero-order valence-electron chi connectivity index (χ0n) is 19.9. The first kappa shape index (κ1) is 26.6. The summed E-state index contributed by atoms with van der Waals surface area (Å²) in [7, 11) is 0. The number of hydrazine groups is 1. The Morgan fingerprint density at radius 3 is 2.77 bits per heavy atom. The second-order valence-corrected chi connectivity index (χ2v) is 10.0. The number of piperidine rings is 1. The van der Waals surface area contributed by atoms with E-state index in [1.807, 2.05) is 0 Å². The van der Waals surface area contributed by atoms with Crippen molar-refractivity contribution in [2.75, 3.05) is 26.2 Å². The van der Waals surface area contributed by atoms with Gasteiger partial charge in [0.2, 0.25) is 11.8 Å². The third-order valence-corrected chi connectivity index (χ3v) is 7.69. The maximum Gasteiger partial charge on any atom is 0.392 e. The second kappa shape index (κ2) is 12.2. The van der Waals surface area contributed by atoms with Gasteiger partial charge in [0.05, 0.1) is 18.2 Å². The van der Waals surface area contributed by atoms with Crippen LogP contribution in [0.5, 0.6) is 0 Å². The molecule has 1 aliphatic carbocycles. The summed E-state index contributed by atoms with van der Waals surface area (Å²) in [6, 6.07) is 0. The molecule has 7 atom stereocenters. The van der Waals surface area contributed by atoms with Crippen molar-refractivity contribution in [1.29, 1.82) is 0 Å². The van der Waals surface area contributed by atoms with E-state index in [2.05, 4.69) is 37.6 Å². The van der Waals surface area contributed by atoms with Crippen LogP contribution in [0, 0.1) is 23.7 Å². The molecule has 3 heterocycles. The van der Waals surface area contributed by atoms with Crippen molar-refractivity contribution < 1.29 is 27.6 Å². The summed E-state index contributed by atoms with van der Waals surface area (Å²) in [6.07, 6.45) is 0.215. The number of halogens is 3. The Hall–Kier alpha value is -1.51. The average Bonchev–Trinajstić information content (AvgIpc) is 3.32. The molecule has 35 heavy (non-hydrogen) atoms. The zero-order chi connectivity index (χ0) is 24.8. The van der Waals surface area contributed by atoms with Crippen molar-refractivity contribution in [3.05, 3.63) is 0 Å². The van der Waals surface area contributed by atoms with Crippen molar-refractivity contribution in [2.45, 2.75) is 76.1 Å². The van der Waals surface area contributed by atoms with Crippen molar-refractivity contribution >= 4 is 11.8 Å². The van der Waals surface area contributed by atoms with E-state index in [1.165, 1.54) is 0 Å². The van der Waals surface area contributed by atoms with E-state index >= 15 is 0 Å². The molecule has 4 fully saturated rings. The minimum Gasteiger partial charge on any atom is -0.356 e. The lowest BCUT2D eigenvalue weighted by atomic mass is 9.76. The van der Waals surface area contributed by atoms with Gasteiger partial charge in [-0.1, -0.05) is 12.8 Å². The van der Waals surface area contributed by atoms with Crippen molar-refractivity contribution in [3.63, 3.8) is 0 Å². The number of fused-ring (bicyclic) bond motifs is 1. The third kappa shape index (κ3) is 7.04. The molecular formula is C22H38F3N7O3. The van der Waals surface area contributed by atoms with Crippen LogP contribution in [0.25, 0.3) is 0 Å². The zero-order valence-corrected chi connectivity index (χ0v) is 19.9. The Balaban J connectivity index is 1.09. The molecule has 4 aliphatic rings. The van der Waals surface area contributed by atoms with Crippen LogP contribution in [0.1, 0.15) is 51.4 Å². The van der Waals surface area contributed by atoms with E-state index < -0.39 is 30.4 Å². The van der Waals surface area contributed by atoms with Crippen LogP contribution < -0.4 is 37.6 Å². The number of hydrogen-bond donors (Lipinski definition) is 7. The Kier molecular flexibility index (Phi) is 9.22. The Morgan fingerprint density at radius 2 is 1.94 bits per heavy atom. The standard InChI is InChI=1S/C22H38F3N7O3/c23-22(24,25)16-8-11-26-12-15(16)20-29-18(35-32-20)7-6-17(33)27-9-3-10-28-19-13-4-1-2-5-14(13)21(34)31-30-19/h13-16,18-20,26,28-30,32H,1-12H2,(H,27,33)(H,31,34). The van der Waals surface area contributed by atoms with Gasteiger partial charge in [-0.05, 0) is 45.2 Å². The first-order valence-electron chi connectivity index (χ1n) is 12.8. The number of rotatable bonds is 9. The fourth-order valence-electron chi connectivity index (χ4n) is 5.78. The summed E-state index contributed by atoms with van der Waals surface area (Å²) in [6.45, 7) is 1.82. The predicted molar refractivity (Wildman–Crippen MR) is 121 cm³/mol. The molecule has 1 saturated carbocycles. The van der Waals surface area contributed by atoms with E-state index in [4.69, 9.17) is 4.84 Å². The maximum atomic E-state index is 13.4. The Labute approximate surface area is 203 Å². The van der Waals surface area contributed by atoms with Crippen molar-refractivity contribution in [1.82, 2.24) is 37.6 Å². The summed E-state index contributed by atoms with van der Waals surface area (Å²) in [5, 5.41) is 12.4. The van der Waals surface area contributed by atoms with E-state index in [9.17, 15) is 22.8 Å². The molecule has 3 aliphatic heterocycles.